The Balaban J connectivity index is 1.49. The number of hydrogen-bond acceptors (Lipinski definition) is 4. The lowest BCUT2D eigenvalue weighted by Crippen LogP contribution is -2.44. The first-order valence-corrected chi connectivity index (χ1v) is 11.3. The van der Waals surface area contributed by atoms with Gasteiger partial charge in [-0.15, -0.1) is 0 Å². The van der Waals surface area contributed by atoms with E-state index in [2.05, 4.69) is 44.8 Å². The Kier molecular flexibility index (Phi) is 8.28. The van der Waals surface area contributed by atoms with Crippen molar-refractivity contribution >= 4 is 17.8 Å². The normalized spacial score (nSPS) is 22.4. The van der Waals surface area contributed by atoms with Gasteiger partial charge in [0.1, 0.15) is 0 Å². The van der Waals surface area contributed by atoms with Gasteiger partial charge in [-0.05, 0) is 36.9 Å². The third-order valence-electron chi connectivity index (χ3n) is 6.17. The van der Waals surface area contributed by atoms with Gasteiger partial charge in [-0.25, -0.2) is 0 Å². The summed E-state index contributed by atoms with van der Waals surface area (Å²) in [4.78, 5) is 32.0. The molecule has 3 rings (SSSR count). The summed E-state index contributed by atoms with van der Waals surface area (Å²) in [6.07, 6.45) is 3.40. The average molecular weight is 429 g/mol. The average Bonchev–Trinajstić information content (AvgIpc) is 3.25. The fraction of sp³-hybridized carbons (Fsp3) is 0.609. The molecule has 2 aliphatic rings. The number of nitrogens with two attached hydrogens (primary N) is 1. The summed E-state index contributed by atoms with van der Waals surface area (Å²) in [5.41, 5.74) is 7.92. The molecule has 0 radical (unpaired) electrons. The van der Waals surface area contributed by atoms with Gasteiger partial charge in [0.2, 0.25) is 11.8 Å². The van der Waals surface area contributed by atoms with E-state index in [4.69, 9.17) is 5.73 Å². The predicted octanol–water partition coefficient (Wildman–Crippen LogP) is 1.06. The van der Waals surface area contributed by atoms with E-state index < -0.39 is 0 Å². The second-order valence-corrected chi connectivity index (χ2v) is 8.55. The van der Waals surface area contributed by atoms with Crippen LogP contribution in [0, 0.1) is 5.92 Å². The minimum atomic E-state index is -0.189. The molecule has 2 fully saturated rings. The van der Waals surface area contributed by atoms with Gasteiger partial charge in [-0.2, -0.15) is 0 Å². The predicted molar refractivity (Wildman–Crippen MR) is 122 cm³/mol. The molecule has 1 aromatic rings. The molecule has 4 N–H and O–H groups in total. The van der Waals surface area contributed by atoms with Crippen LogP contribution in [0.4, 0.5) is 0 Å². The van der Waals surface area contributed by atoms with Gasteiger partial charge in [-0.1, -0.05) is 31.2 Å². The summed E-state index contributed by atoms with van der Waals surface area (Å²) in [7, 11) is 1.77. The van der Waals surface area contributed by atoms with E-state index in [1.54, 1.807) is 7.05 Å². The molecule has 2 atom stereocenters. The SMILES string of the molecule is CCC(=O)N1CCC(NC(=NC)NCc2cccc(CN3CCCC(C(N)=O)C3)c2)C1. The summed E-state index contributed by atoms with van der Waals surface area (Å²) < 4.78 is 0. The Bertz CT molecular complexity index is 796. The number of carbonyl (C=O) groups is 2. The van der Waals surface area contributed by atoms with Crippen LogP contribution in [0.5, 0.6) is 0 Å². The molecule has 0 saturated carbocycles. The van der Waals surface area contributed by atoms with Crippen molar-refractivity contribution in [3.63, 3.8) is 0 Å². The van der Waals surface area contributed by atoms with E-state index in [0.717, 1.165) is 57.9 Å². The summed E-state index contributed by atoms with van der Waals surface area (Å²) in [5.74, 6) is 0.736. The third kappa shape index (κ3) is 6.69. The van der Waals surface area contributed by atoms with Gasteiger partial charge in [0.05, 0.1) is 5.92 Å². The zero-order valence-electron chi connectivity index (χ0n) is 18.8. The molecular formula is C23H36N6O2. The number of nitrogens with one attached hydrogen (secondary N) is 2. The minimum Gasteiger partial charge on any atom is -0.369 e. The Hall–Kier alpha value is -2.61. The molecule has 31 heavy (non-hydrogen) atoms. The first kappa shape index (κ1) is 23.1. The largest absolute Gasteiger partial charge is 0.369 e. The number of carbonyl (C=O) groups excluding carboxylic acids is 2. The Labute approximate surface area is 185 Å². The third-order valence-corrected chi connectivity index (χ3v) is 6.17. The van der Waals surface area contributed by atoms with Gasteiger partial charge in [0, 0.05) is 52.2 Å². The van der Waals surface area contributed by atoms with Crippen LogP contribution in [0.3, 0.4) is 0 Å². The molecule has 2 saturated heterocycles. The molecule has 0 aromatic heterocycles. The fourth-order valence-electron chi connectivity index (χ4n) is 4.43. The van der Waals surface area contributed by atoms with Crippen LogP contribution in [0.1, 0.15) is 43.7 Å². The Morgan fingerprint density at radius 3 is 2.74 bits per heavy atom. The number of nitrogens with zero attached hydrogens (tertiary/aromatic N) is 3. The molecule has 8 heteroatoms. The van der Waals surface area contributed by atoms with E-state index in [1.807, 2.05) is 11.8 Å². The molecule has 2 aliphatic heterocycles. The van der Waals surface area contributed by atoms with Crippen LogP contribution >= 0.6 is 0 Å². The minimum absolute atomic E-state index is 0.0351. The highest BCUT2D eigenvalue weighted by Gasteiger charge is 2.26. The zero-order valence-corrected chi connectivity index (χ0v) is 18.8. The van der Waals surface area contributed by atoms with Crippen molar-refractivity contribution in [2.24, 2.45) is 16.6 Å². The quantitative estimate of drug-likeness (QED) is 0.445. The van der Waals surface area contributed by atoms with Crippen LogP contribution in [0.2, 0.25) is 0 Å². The molecule has 2 amide bonds. The van der Waals surface area contributed by atoms with E-state index in [0.29, 0.717) is 13.0 Å². The first-order valence-electron chi connectivity index (χ1n) is 11.3. The van der Waals surface area contributed by atoms with Crippen molar-refractivity contribution in [2.45, 2.75) is 51.7 Å². The van der Waals surface area contributed by atoms with Crippen LogP contribution < -0.4 is 16.4 Å². The molecule has 2 heterocycles. The zero-order chi connectivity index (χ0) is 22.2. The summed E-state index contributed by atoms with van der Waals surface area (Å²) in [5, 5.41) is 6.82. The van der Waals surface area contributed by atoms with E-state index in [9.17, 15) is 9.59 Å². The van der Waals surface area contributed by atoms with Crippen LogP contribution in [0.25, 0.3) is 0 Å². The summed E-state index contributed by atoms with van der Waals surface area (Å²) >= 11 is 0. The highest BCUT2D eigenvalue weighted by molar-refractivity contribution is 5.80. The Morgan fingerprint density at radius 2 is 2.00 bits per heavy atom. The molecule has 2 unspecified atom stereocenters. The standard InChI is InChI=1S/C23H36N6O2/c1-3-21(30)29-11-9-20(16-29)27-23(25-2)26-13-17-6-4-7-18(12-17)14-28-10-5-8-19(15-28)22(24)31/h4,6-7,12,19-20H,3,5,8-11,13-16H2,1-2H3,(H2,24,31)(H2,25,26,27). The highest BCUT2D eigenvalue weighted by atomic mass is 16.2. The number of guanidine groups is 1. The smallest absolute Gasteiger partial charge is 0.222 e. The number of aliphatic imine (C=N–C) groups is 1. The van der Waals surface area contributed by atoms with Crippen molar-refractivity contribution in [2.75, 3.05) is 33.2 Å². The number of piperidine rings is 1. The highest BCUT2D eigenvalue weighted by Crippen LogP contribution is 2.19. The van der Waals surface area contributed by atoms with E-state index >= 15 is 0 Å². The van der Waals surface area contributed by atoms with Crippen molar-refractivity contribution < 1.29 is 9.59 Å². The van der Waals surface area contributed by atoms with E-state index in [1.165, 1.54) is 11.1 Å². The van der Waals surface area contributed by atoms with Gasteiger partial charge < -0.3 is 21.3 Å². The van der Waals surface area contributed by atoms with Crippen molar-refractivity contribution in [3.05, 3.63) is 35.4 Å². The lowest BCUT2D eigenvalue weighted by Gasteiger charge is -2.31. The van der Waals surface area contributed by atoms with Crippen LogP contribution in [0.15, 0.2) is 29.3 Å². The summed E-state index contributed by atoms with van der Waals surface area (Å²) in [6.45, 7) is 6.67. The maximum absolute atomic E-state index is 11.9. The van der Waals surface area contributed by atoms with E-state index in [-0.39, 0.29) is 23.8 Å². The lowest BCUT2D eigenvalue weighted by molar-refractivity contribution is -0.129. The molecule has 0 spiro atoms. The maximum Gasteiger partial charge on any atom is 0.222 e. The number of likely N-dealkylation sites (tertiary alicyclic amines) is 2. The molecule has 170 valence electrons. The monoisotopic (exact) mass is 428 g/mol. The Morgan fingerprint density at radius 1 is 1.19 bits per heavy atom. The molecule has 1 aromatic carbocycles. The number of rotatable bonds is 7. The topological polar surface area (TPSA) is 103 Å². The lowest BCUT2D eigenvalue weighted by atomic mass is 9.97. The van der Waals surface area contributed by atoms with Crippen LogP contribution in [-0.4, -0.2) is 66.8 Å². The van der Waals surface area contributed by atoms with Gasteiger partial charge in [0.15, 0.2) is 5.96 Å². The number of benzene rings is 1. The number of primary amides is 1. The second-order valence-electron chi connectivity index (χ2n) is 8.55. The maximum atomic E-state index is 11.9. The molecule has 0 bridgehead atoms. The van der Waals surface area contributed by atoms with Gasteiger partial charge in [-0.3, -0.25) is 19.5 Å². The number of hydrogen-bond donors (Lipinski definition) is 3. The van der Waals surface area contributed by atoms with Crippen molar-refractivity contribution in [1.29, 1.82) is 0 Å². The number of amides is 2. The first-order chi connectivity index (χ1) is 15.0. The van der Waals surface area contributed by atoms with Gasteiger partial charge >= 0.3 is 0 Å². The van der Waals surface area contributed by atoms with Crippen LogP contribution in [-0.2, 0) is 22.7 Å². The van der Waals surface area contributed by atoms with Gasteiger partial charge in [0.25, 0.3) is 0 Å². The molecule has 8 nitrogen and oxygen atoms in total. The molecule has 0 aliphatic carbocycles. The summed E-state index contributed by atoms with van der Waals surface area (Å²) in [6, 6.07) is 8.73. The fourth-order valence-corrected chi connectivity index (χ4v) is 4.43. The molecular weight excluding hydrogens is 392 g/mol. The second kappa shape index (κ2) is 11.1. The van der Waals surface area contributed by atoms with Crippen molar-refractivity contribution in [3.8, 4) is 0 Å². The van der Waals surface area contributed by atoms with Crippen molar-refractivity contribution in [1.82, 2.24) is 20.4 Å².